The first-order valence-corrected chi connectivity index (χ1v) is 14.4. The van der Waals surface area contributed by atoms with Crippen LogP contribution in [0.3, 0.4) is 0 Å². The van der Waals surface area contributed by atoms with E-state index in [9.17, 15) is 14.4 Å². The zero-order valence-electron chi connectivity index (χ0n) is 26.6. The van der Waals surface area contributed by atoms with Gasteiger partial charge in [-0.05, 0) is 102 Å². The lowest BCUT2D eigenvalue weighted by Crippen LogP contribution is -2.25. The zero-order valence-corrected chi connectivity index (χ0v) is 26.6. The minimum absolute atomic E-state index is 0.189. The van der Waals surface area contributed by atoms with Gasteiger partial charge in [0, 0.05) is 16.7 Å². The highest BCUT2D eigenvalue weighted by atomic mass is 16.7. The van der Waals surface area contributed by atoms with Gasteiger partial charge in [0.1, 0.15) is 17.2 Å². The molecule has 8 nitrogen and oxygen atoms in total. The van der Waals surface area contributed by atoms with Gasteiger partial charge in [-0.25, -0.2) is 0 Å². The lowest BCUT2D eigenvalue weighted by Gasteiger charge is -2.22. The molecule has 0 aliphatic rings. The van der Waals surface area contributed by atoms with Gasteiger partial charge in [-0.2, -0.15) is 0 Å². The highest BCUT2D eigenvalue weighted by molar-refractivity contribution is 6.07. The summed E-state index contributed by atoms with van der Waals surface area (Å²) < 4.78 is 27.8. The second-order valence-corrected chi connectivity index (χ2v) is 12.1. The first kappa shape index (κ1) is 34.4. The Labute approximate surface area is 250 Å². The Morgan fingerprint density at radius 2 is 1.31 bits per heavy atom. The number of methoxy groups -OCH3 is 1. The molecule has 0 aromatic heterocycles. The first-order valence-electron chi connectivity index (χ1n) is 14.4. The highest BCUT2D eigenvalue weighted by Crippen LogP contribution is 2.38. The van der Waals surface area contributed by atoms with E-state index < -0.39 is 10.8 Å². The number of rotatable bonds is 14. The Balaban J connectivity index is 2.25. The maximum absolute atomic E-state index is 13.0. The van der Waals surface area contributed by atoms with Gasteiger partial charge in [-0.15, -0.1) is 0 Å². The molecule has 0 amide bonds. The van der Waals surface area contributed by atoms with E-state index in [-0.39, 0.29) is 31.3 Å². The van der Waals surface area contributed by atoms with Crippen molar-refractivity contribution >= 4 is 23.8 Å². The highest BCUT2D eigenvalue weighted by Gasteiger charge is 2.25. The van der Waals surface area contributed by atoms with Gasteiger partial charge in [0.05, 0.1) is 17.9 Å². The van der Waals surface area contributed by atoms with Crippen LogP contribution in [0.1, 0.15) is 95.3 Å². The van der Waals surface area contributed by atoms with E-state index >= 15 is 0 Å². The van der Waals surface area contributed by atoms with E-state index in [0.717, 1.165) is 36.0 Å². The molecule has 0 N–H and O–H groups in total. The van der Waals surface area contributed by atoms with Crippen LogP contribution in [0.15, 0.2) is 36.4 Å². The van der Waals surface area contributed by atoms with Crippen LogP contribution in [0.5, 0.6) is 17.2 Å². The molecule has 8 heteroatoms. The van der Waals surface area contributed by atoms with Gasteiger partial charge >= 0.3 is 11.9 Å². The molecule has 2 aromatic carbocycles. The summed E-state index contributed by atoms with van der Waals surface area (Å²) in [4.78, 5) is 37.1. The van der Waals surface area contributed by atoms with Gasteiger partial charge in [-0.3, -0.25) is 14.4 Å². The quantitative estimate of drug-likeness (QED) is 0.0987. The lowest BCUT2D eigenvalue weighted by molar-refractivity contribution is -0.160. The number of benzene rings is 2. The number of ether oxygens (including phenoxy) is 5. The fourth-order valence-corrected chi connectivity index (χ4v) is 3.97. The van der Waals surface area contributed by atoms with Gasteiger partial charge in [0.2, 0.25) is 13.6 Å². The standard InChI is InChI=1S/C34H46O8/c1-10-12-24-20-25(29(38-9)27(13-11-2)30(24)40-22-42-32(37)34(6,7)8)16-19-28(35)23-14-17-26(18-15-23)39-21-41-31(36)33(3,4)5/h14-20H,10-13,21-22H2,1-9H3. The Hall–Kier alpha value is -3.81. The molecule has 2 rings (SSSR count). The minimum atomic E-state index is -0.630. The van der Waals surface area contributed by atoms with Crippen molar-refractivity contribution in [3.63, 3.8) is 0 Å². The first-order chi connectivity index (χ1) is 19.7. The summed E-state index contributed by atoms with van der Waals surface area (Å²) in [7, 11) is 1.59. The second-order valence-electron chi connectivity index (χ2n) is 12.1. The van der Waals surface area contributed by atoms with Crippen molar-refractivity contribution in [2.45, 2.75) is 81.1 Å². The number of hydrogen-bond donors (Lipinski definition) is 0. The predicted molar refractivity (Wildman–Crippen MR) is 163 cm³/mol. The largest absolute Gasteiger partial charge is 0.496 e. The van der Waals surface area contributed by atoms with E-state index in [2.05, 4.69) is 13.8 Å². The van der Waals surface area contributed by atoms with Crippen LogP contribution in [0, 0.1) is 10.8 Å². The fraction of sp³-hybridized carbons (Fsp3) is 0.500. The van der Waals surface area contributed by atoms with Crippen LogP contribution in [0.4, 0.5) is 0 Å². The summed E-state index contributed by atoms with van der Waals surface area (Å²) in [6.07, 6.45) is 6.41. The Morgan fingerprint density at radius 3 is 1.81 bits per heavy atom. The van der Waals surface area contributed by atoms with Crippen molar-refractivity contribution in [1.29, 1.82) is 0 Å². The van der Waals surface area contributed by atoms with Crippen molar-refractivity contribution in [2.24, 2.45) is 10.8 Å². The SMILES string of the molecule is CCCc1cc(C=CC(=O)c2ccc(OCOC(=O)C(C)(C)C)cc2)c(OC)c(CCC)c1OCOC(=O)C(C)(C)C. The second kappa shape index (κ2) is 15.4. The third kappa shape index (κ3) is 9.93. The van der Waals surface area contributed by atoms with Crippen molar-refractivity contribution in [2.75, 3.05) is 20.7 Å². The van der Waals surface area contributed by atoms with Crippen LogP contribution < -0.4 is 14.2 Å². The molecule has 0 spiro atoms. The average Bonchev–Trinajstić information content (AvgIpc) is 2.92. The molecule has 0 saturated carbocycles. The number of carbonyl (C=O) groups is 3. The Bertz CT molecular complexity index is 1240. The molecule has 2 aromatic rings. The number of aryl methyl sites for hydroxylation is 1. The van der Waals surface area contributed by atoms with Gasteiger partial charge in [0.15, 0.2) is 5.78 Å². The summed E-state index contributed by atoms with van der Waals surface area (Å²) in [6, 6.07) is 8.59. The molecular weight excluding hydrogens is 536 g/mol. The molecule has 0 unspecified atom stereocenters. The normalized spacial score (nSPS) is 11.7. The van der Waals surface area contributed by atoms with Crippen LogP contribution in [-0.2, 0) is 31.9 Å². The maximum Gasteiger partial charge on any atom is 0.314 e. The number of ketones is 1. The molecule has 0 bridgehead atoms. The number of allylic oxidation sites excluding steroid dienone is 1. The summed E-state index contributed by atoms with van der Waals surface area (Å²) >= 11 is 0. The third-order valence-electron chi connectivity index (χ3n) is 6.24. The number of hydrogen-bond acceptors (Lipinski definition) is 8. The van der Waals surface area contributed by atoms with Crippen molar-refractivity contribution in [3.05, 3.63) is 58.7 Å². The van der Waals surface area contributed by atoms with Crippen molar-refractivity contribution in [1.82, 2.24) is 0 Å². The van der Waals surface area contributed by atoms with Crippen LogP contribution in [0.2, 0.25) is 0 Å². The van der Waals surface area contributed by atoms with Crippen LogP contribution >= 0.6 is 0 Å². The molecule has 230 valence electrons. The van der Waals surface area contributed by atoms with Gasteiger partial charge in [-0.1, -0.05) is 26.7 Å². The maximum atomic E-state index is 13.0. The number of esters is 2. The van der Waals surface area contributed by atoms with E-state index in [1.54, 1.807) is 79.0 Å². The van der Waals surface area contributed by atoms with Gasteiger partial charge < -0.3 is 23.7 Å². The molecule has 42 heavy (non-hydrogen) atoms. The summed E-state index contributed by atoms with van der Waals surface area (Å²) in [6.45, 7) is 14.4. The minimum Gasteiger partial charge on any atom is -0.496 e. The topological polar surface area (TPSA) is 97.4 Å². The molecule has 0 fully saturated rings. The summed E-state index contributed by atoms with van der Waals surface area (Å²) in [5, 5.41) is 0. The molecule has 0 heterocycles. The molecule has 0 aliphatic carbocycles. The Morgan fingerprint density at radius 1 is 0.762 bits per heavy atom. The fourth-order valence-electron chi connectivity index (χ4n) is 3.97. The summed E-state index contributed by atoms with van der Waals surface area (Å²) in [5.74, 6) is 0.867. The molecule has 0 saturated heterocycles. The Kier molecular flexibility index (Phi) is 12.6. The number of carbonyl (C=O) groups excluding carboxylic acids is 3. The summed E-state index contributed by atoms with van der Waals surface area (Å²) in [5.41, 5.74) is 1.82. The average molecular weight is 583 g/mol. The third-order valence-corrected chi connectivity index (χ3v) is 6.24. The molecule has 0 atom stereocenters. The van der Waals surface area contributed by atoms with E-state index in [1.807, 2.05) is 6.07 Å². The molecular formula is C34H46O8. The lowest BCUT2D eigenvalue weighted by atomic mass is 9.96. The monoisotopic (exact) mass is 582 g/mol. The smallest absolute Gasteiger partial charge is 0.314 e. The van der Waals surface area contributed by atoms with E-state index in [1.165, 1.54) is 6.08 Å². The van der Waals surface area contributed by atoms with Crippen LogP contribution in [-0.4, -0.2) is 38.4 Å². The van der Waals surface area contributed by atoms with E-state index in [4.69, 9.17) is 23.7 Å². The van der Waals surface area contributed by atoms with Gasteiger partial charge in [0.25, 0.3) is 0 Å². The predicted octanol–water partition coefficient (Wildman–Crippen LogP) is 7.35. The van der Waals surface area contributed by atoms with Crippen molar-refractivity contribution in [3.8, 4) is 17.2 Å². The van der Waals surface area contributed by atoms with Crippen molar-refractivity contribution < 1.29 is 38.1 Å². The zero-order chi connectivity index (χ0) is 31.5. The molecule has 0 radical (unpaired) electrons. The van der Waals surface area contributed by atoms with Crippen LogP contribution in [0.25, 0.3) is 6.08 Å². The molecule has 0 aliphatic heterocycles. The van der Waals surface area contributed by atoms with E-state index in [0.29, 0.717) is 29.2 Å².